The van der Waals surface area contributed by atoms with Gasteiger partial charge < -0.3 is 19.7 Å². The second-order valence-corrected chi connectivity index (χ2v) is 8.54. The van der Waals surface area contributed by atoms with Crippen LogP contribution in [0.5, 0.6) is 0 Å². The molecule has 0 saturated carbocycles. The first-order chi connectivity index (χ1) is 15.1. The molecule has 2 fully saturated rings. The summed E-state index contributed by atoms with van der Waals surface area (Å²) in [5.41, 5.74) is 1.17. The number of ketones is 1. The van der Waals surface area contributed by atoms with E-state index < -0.39 is 0 Å². The van der Waals surface area contributed by atoms with Crippen molar-refractivity contribution in [2.45, 2.75) is 37.6 Å². The van der Waals surface area contributed by atoms with Crippen molar-refractivity contribution in [1.29, 1.82) is 0 Å². The van der Waals surface area contributed by atoms with Crippen LogP contribution in [0.3, 0.4) is 0 Å². The number of hydrogen-bond acceptors (Lipinski definition) is 8. The molecule has 31 heavy (non-hydrogen) atoms. The van der Waals surface area contributed by atoms with E-state index in [1.807, 2.05) is 0 Å². The average Bonchev–Trinajstić information content (AvgIpc) is 3.43. The molecule has 2 aromatic rings. The number of Topliss-reactive ketones (excluding diaryl/α,β-unsaturated/α-hetero) is 1. The predicted octanol–water partition coefficient (Wildman–Crippen LogP) is 2.23. The Morgan fingerprint density at radius 2 is 2.06 bits per heavy atom. The number of nitrogens with zero attached hydrogens (tertiary/aromatic N) is 4. The van der Waals surface area contributed by atoms with E-state index in [4.69, 9.17) is 9.47 Å². The maximum absolute atomic E-state index is 12.5. The Bertz CT molecular complexity index is 922. The smallest absolute Gasteiger partial charge is 0.234 e. The largest absolute Gasteiger partial charge is 0.378 e. The quantitative estimate of drug-likeness (QED) is 0.488. The fraction of sp³-hybridized carbons (Fsp3) is 0.524. The van der Waals surface area contributed by atoms with Crippen LogP contribution in [0.25, 0.3) is 0 Å². The zero-order valence-corrected chi connectivity index (χ0v) is 18.4. The van der Waals surface area contributed by atoms with Crippen LogP contribution in [0.1, 0.15) is 30.1 Å². The SMILES string of the molecule is CC(=O)c1cccc(NC(=O)CSc2nnc(N3CCOCC3)n2CC2CCCO2)c1. The summed E-state index contributed by atoms with van der Waals surface area (Å²) in [7, 11) is 0. The zero-order valence-electron chi connectivity index (χ0n) is 17.6. The lowest BCUT2D eigenvalue weighted by molar-refractivity contribution is -0.113. The molecule has 0 radical (unpaired) electrons. The van der Waals surface area contributed by atoms with Crippen molar-refractivity contribution < 1.29 is 19.1 Å². The van der Waals surface area contributed by atoms with E-state index in [1.165, 1.54) is 18.7 Å². The average molecular weight is 446 g/mol. The van der Waals surface area contributed by atoms with Gasteiger partial charge in [0, 0.05) is 30.9 Å². The molecule has 0 spiro atoms. The van der Waals surface area contributed by atoms with E-state index in [9.17, 15) is 9.59 Å². The number of morpholine rings is 1. The van der Waals surface area contributed by atoms with Gasteiger partial charge in [-0.3, -0.25) is 14.2 Å². The summed E-state index contributed by atoms with van der Waals surface area (Å²) >= 11 is 1.35. The summed E-state index contributed by atoms with van der Waals surface area (Å²) in [5.74, 6) is 0.793. The Kier molecular flexibility index (Phi) is 7.21. The van der Waals surface area contributed by atoms with Crippen LogP contribution in [0.4, 0.5) is 11.6 Å². The molecule has 9 nitrogen and oxygen atoms in total. The third kappa shape index (κ3) is 5.63. The van der Waals surface area contributed by atoms with Gasteiger partial charge in [-0.2, -0.15) is 0 Å². The Morgan fingerprint density at radius 1 is 1.23 bits per heavy atom. The summed E-state index contributed by atoms with van der Waals surface area (Å²) in [6.45, 7) is 5.81. The van der Waals surface area contributed by atoms with Crippen LogP contribution in [0.15, 0.2) is 29.4 Å². The lowest BCUT2D eigenvalue weighted by Crippen LogP contribution is -2.38. The number of ether oxygens (including phenoxy) is 2. The first-order valence-electron chi connectivity index (χ1n) is 10.5. The maximum atomic E-state index is 12.5. The molecule has 3 heterocycles. The van der Waals surface area contributed by atoms with Gasteiger partial charge in [0.25, 0.3) is 0 Å². The Hall–Kier alpha value is -2.43. The number of carbonyl (C=O) groups excluding carboxylic acids is 2. The highest BCUT2D eigenvalue weighted by molar-refractivity contribution is 7.99. The van der Waals surface area contributed by atoms with Crippen LogP contribution in [0, 0.1) is 0 Å². The minimum Gasteiger partial charge on any atom is -0.378 e. The number of nitrogens with one attached hydrogen (secondary N) is 1. The number of carbonyl (C=O) groups is 2. The number of rotatable bonds is 8. The van der Waals surface area contributed by atoms with E-state index in [-0.39, 0.29) is 23.5 Å². The lowest BCUT2D eigenvalue weighted by Gasteiger charge is -2.28. The van der Waals surface area contributed by atoms with Crippen LogP contribution < -0.4 is 10.2 Å². The number of thioether (sulfide) groups is 1. The lowest BCUT2D eigenvalue weighted by atomic mass is 10.1. The highest BCUT2D eigenvalue weighted by Gasteiger charge is 2.25. The van der Waals surface area contributed by atoms with Crippen molar-refractivity contribution in [3.63, 3.8) is 0 Å². The van der Waals surface area contributed by atoms with Gasteiger partial charge in [-0.05, 0) is 31.9 Å². The van der Waals surface area contributed by atoms with Crippen molar-refractivity contribution in [2.24, 2.45) is 0 Å². The topological polar surface area (TPSA) is 98.6 Å². The molecule has 0 aliphatic carbocycles. The third-order valence-corrected chi connectivity index (χ3v) is 6.25. The van der Waals surface area contributed by atoms with Crippen molar-refractivity contribution >= 4 is 35.1 Å². The second kappa shape index (κ2) is 10.3. The van der Waals surface area contributed by atoms with E-state index >= 15 is 0 Å². The molecule has 2 aliphatic rings. The van der Waals surface area contributed by atoms with Gasteiger partial charge in [-0.25, -0.2) is 0 Å². The number of hydrogen-bond donors (Lipinski definition) is 1. The first kappa shape index (κ1) is 21.8. The summed E-state index contributed by atoms with van der Waals surface area (Å²) < 4.78 is 13.3. The molecule has 0 bridgehead atoms. The van der Waals surface area contributed by atoms with Crippen molar-refractivity contribution in [3.05, 3.63) is 29.8 Å². The molecular formula is C21H27N5O4S. The van der Waals surface area contributed by atoms with Crippen molar-refractivity contribution in [2.75, 3.05) is 48.9 Å². The van der Waals surface area contributed by atoms with Crippen LogP contribution in [-0.2, 0) is 20.8 Å². The maximum Gasteiger partial charge on any atom is 0.234 e. The second-order valence-electron chi connectivity index (χ2n) is 7.60. The van der Waals surface area contributed by atoms with Gasteiger partial charge in [0.15, 0.2) is 10.9 Å². The number of aromatic nitrogens is 3. The molecular weight excluding hydrogens is 418 g/mol. The van der Waals surface area contributed by atoms with Gasteiger partial charge in [0.1, 0.15) is 0 Å². The van der Waals surface area contributed by atoms with E-state index in [0.29, 0.717) is 36.2 Å². The highest BCUT2D eigenvalue weighted by Crippen LogP contribution is 2.26. The standard InChI is InChI=1S/C21H27N5O4S/c1-15(27)16-4-2-5-17(12-16)22-19(28)14-31-21-24-23-20(25-7-10-29-11-8-25)26(21)13-18-6-3-9-30-18/h2,4-5,12,18H,3,6-11,13-14H2,1H3,(H,22,28). The molecule has 2 saturated heterocycles. The Balaban J connectivity index is 1.43. The summed E-state index contributed by atoms with van der Waals surface area (Å²) in [6.07, 6.45) is 2.21. The molecule has 1 unspecified atom stereocenters. The first-order valence-corrected chi connectivity index (χ1v) is 11.5. The molecule has 1 amide bonds. The molecule has 2 aliphatic heterocycles. The molecule has 10 heteroatoms. The van der Waals surface area contributed by atoms with Gasteiger partial charge in [0.05, 0.1) is 31.6 Å². The number of benzene rings is 1. The summed E-state index contributed by atoms with van der Waals surface area (Å²) in [4.78, 5) is 26.2. The van der Waals surface area contributed by atoms with E-state index in [2.05, 4.69) is 25.0 Å². The monoisotopic (exact) mass is 445 g/mol. The zero-order chi connectivity index (χ0) is 21.6. The van der Waals surface area contributed by atoms with Crippen molar-refractivity contribution in [1.82, 2.24) is 14.8 Å². The van der Waals surface area contributed by atoms with Crippen LogP contribution in [-0.4, -0.2) is 71.2 Å². The van der Waals surface area contributed by atoms with E-state index in [0.717, 1.165) is 38.5 Å². The summed E-state index contributed by atoms with van der Waals surface area (Å²) in [6, 6.07) is 6.94. The summed E-state index contributed by atoms with van der Waals surface area (Å²) in [5, 5.41) is 12.3. The van der Waals surface area contributed by atoms with Crippen molar-refractivity contribution in [3.8, 4) is 0 Å². The number of anilines is 2. The molecule has 4 rings (SSSR count). The molecule has 1 atom stereocenters. The minimum atomic E-state index is -0.162. The molecule has 1 N–H and O–H groups in total. The highest BCUT2D eigenvalue weighted by atomic mass is 32.2. The predicted molar refractivity (Wildman–Crippen MR) is 118 cm³/mol. The van der Waals surface area contributed by atoms with Gasteiger partial charge in [0.2, 0.25) is 11.9 Å². The van der Waals surface area contributed by atoms with Crippen LogP contribution in [0.2, 0.25) is 0 Å². The van der Waals surface area contributed by atoms with Gasteiger partial charge in [-0.15, -0.1) is 10.2 Å². The molecule has 1 aromatic carbocycles. The Morgan fingerprint density at radius 3 is 2.81 bits per heavy atom. The normalized spacial score (nSPS) is 18.9. The minimum absolute atomic E-state index is 0.0386. The van der Waals surface area contributed by atoms with E-state index in [1.54, 1.807) is 24.3 Å². The van der Waals surface area contributed by atoms with Crippen LogP contribution >= 0.6 is 11.8 Å². The fourth-order valence-electron chi connectivity index (χ4n) is 3.68. The molecule has 1 aromatic heterocycles. The fourth-order valence-corrected chi connectivity index (χ4v) is 4.42. The molecule has 166 valence electrons. The van der Waals surface area contributed by atoms with Gasteiger partial charge >= 0.3 is 0 Å². The van der Waals surface area contributed by atoms with Gasteiger partial charge in [-0.1, -0.05) is 23.9 Å². The third-order valence-electron chi connectivity index (χ3n) is 5.29. The Labute approximate surface area is 185 Å². The number of amides is 1.